The highest BCUT2D eigenvalue weighted by molar-refractivity contribution is 7.89. The molecule has 11 heteroatoms. The lowest BCUT2D eigenvalue weighted by molar-refractivity contribution is -0.120. The van der Waals surface area contributed by atoms with Crippen molar-refractivity contribution in [2.45, 2.75) is 18.7 Å². The highest BCUT2D eigenvalue weighted by Gasteiger charge is 2.21. The lowest BCUT2D eigenvalue weighted by atomic mass is 10.2. The molecule has 0 unspecified atom stereocenters. The zero-order valence-electron chi connectivity index (χ0n) is 17.0. The van der Waals surface area contributed by atoms with Gasteiger partial charge in [0.1, 0.15) is 5.82 Å². The number of sulfonamides is 1. The van der Waals surface area contributed by atoms with Crippen molar-refractivity contribution in [1.29, 1.82) is 0 Å². The number of halogens is 1. The van der Waals surface area contributed by atoms with E-state index in [4.69, 9.17) is 0 Å². The summed E-state index contributed by atoms with van der Waals surface area (Å²) in [4.78, 5) is 35.9. The summed E-state index contributed by atoms with van der Waals surface area (Å²) in [5.74, 6) is -2.43. The third kappa shape index (κ3) is 6.33. The van der Waals surface area contributed by atoms with Crippen LogP contribution in [0.4, 0.5) is 4.39 Å². The molecule has 3 amide bonds. The summed E-state index contributed by atoms with van der Waals surface area (Å²) in [6.07, 6.45) is 0. The van der Waals surface area contributed by atoms with Crippen LogP contribution in [0.5, 0.6) is 0 Å². The first kappa shape index (κ1) is 24.0. The summed E-state index contributed by atoms with van der Waals surface area (Å²) in [6, 6.07) is 10.1. The van der Waals surface area contributed by atoms with E-state index in [2.05, 4.69) is 16.2 Å². The number of rotatable bonds is 8. The Hall–Kier alpha value is -3.31. The number of carbonyl (C=O) groups excluding carboxylic acids is 3. The van der Waals surface area contributed by atoms with E-state index >= 15 is 0 Å². The van der Waals surface area contributed by atoms with E-state index in [-0.39, 0.29) is 16.0 Å². The molecule has 31 heavy (non-hydrogen) atoms. The van der Waals surface area contributed by atoms with E-state index in [1.165, 1.54) is 40.7 Å². The molecule has 2 aromatic rings. The van der Waals surface area contributed by atoms with E-state index < -0.39 is 40.1 Å². The molecule has 0 aliphatic carbocycles. The second-order valence-electron chi connectivity index (χ2n) is 6.31. The predicted octanol–water partition coefficient (Wildman–Crippen LogP) is 1.05. The monoisotopic (exact) mass is 450 g/mol. The predicted molar refractivity (Wildman–Crippen MR) is 111 cm³/mol. The minimum Gasteiger partial charge on any atom is -0.343 e. The summed E-state index contributed by atoms with van der Waals surface area (Å²) in [6.45, 7) is 3.69. The maximum Gasteiger partial charge on any atom is 0.269 e. The maximum atomic E-state index is 12.9. The summed E-state index contributed by atoms with van der Waals surface area (Å²) in [7, 11) is -3.63. The minimum atomic E-state index is -3.63. The zero-order valence-corrected chi connectivity index (χ0v) is 17.8. The van der Waals surface area contributed by atoms with E-state index in [0.717, 1.165) is 12.1 Å². The van der Waals surface area contributed by atoms with Gasteiger partial charge in [0.05, 0.1) is 11.4 Å². The molecule has 9 nitrogen and oxygen atoms in total. The first-order chi connectivity index (χ1) is 14.7. The highest BCUT2D eigenvalue weighted by atomic mass is 32.2. The molecule has 0 spiro atoms. The average Bonchev–Trinajstić information content (AvgIpc) is 2.77. The maximum absolute atomic E-state index is 12.9. The summed E-state index contributed by atoms with van der Waals surface area (Å²) < 4.78 is 39.1. The fraction of sp³-hybridized carbons (Fsp3) is 0.250. The quantitative estimate of drug-likeness (QED) is 0.519. The summed E-state index contributed by atoms with van der Waals surface area (Å²) in [5, 5.41) is 2.36. The van der Waals surface area contributed by atoms with Crippen LogP contribution < -0.4 is 16.2 Å². The van der Waals surface area contributed by atoms with Crippen LogP contribution >= 0.6 is 0 Å². The lowest BCUT2D eigenvalue weighted by Crippen LogP contribution is -2.46. The Bertz CT molecular complexity index is 1040. The number of hydrogen-bond donors (Lipinski definition) is 3. The SMILES string of the molecule is CCN(CC)S(=O)(=O)c1ccc(C(=O)NCC(=O)NNC(=O)c2ccc(F)cc2)cc1. The number of nitrogens with zero attached hydrogens (tertiary/aromatic N) is 1. The van der Waals surface area contributed by atoms with Crippen molar-refractivity contribution in [3.63, 3.8) is 0 Å². The van der Waals surface area contributed by atoms with Gasteiger partial charge >= 0.3 is 0 Å². The molecule has 0 aliphatic rings. The molecule has 0 aliphatic heterocycles. The highest BCUT2D eigenvalue weighted by Crippen LogP contribution is 2.16. The van der Waals surface area contributed by atoms with Gasteiger partial charge in [0, 0.05) is 24.2 Å². The van der Waals surface area contributed by atoms with Crippen molar-refractivity contribution in [2.24, 2.45) is 0 Å². The Morgan fingerprint density at radius 3 is 1.90 bits per heavy atom. The fourth-order valence-electron chi connectivity index (χ4n) is 2.60. The molecule has 0 aromatic heterocycles. The number of nitrogens with one attached hydrogen (secondary N) is 3. The molecule has 0 saturated heterocycles. The van der Waals surface area contributed by atoms with Gasteiger partial charge in [-0.2, -0.15) is 4.31 Å². The summed E-state index contributed by atoms with van der Waals surface area (Å²) in [5.41, 5.74) is 4.58. The molecule has 166 valence electrons. The van der Waals surface area contributed by atoms with Gasteiger partial charge in [-0.1, -0.05) is 13.8 Å². The molecule has 3 N–H and O–H groups in total. The molecular formula is C20H23FN4O5S. The Kier molecular flexibility index (Phi) is 8.22. The standard InChI is InChI=1S/C20H23FN4O5S/c1-3-25(4-2)31(29,30)17-11-7-14(8-12-17)19(27)22-13-18(26)23-24-20(28)15-5-9-16(21)10-6-15/h5-12H,3-4,13H2,1-2H3,(H,22,27)(H,23,26)(H,24,28). The van der Waals surface area contributed by atoms with Crippen LogP contribution in [-0.2, 0) is 14.8 Å². The van der Waals surface area contributed by atoms with Crippen LogP contribution in [-0.4, -0.2) is 50.1 Å². The van der Waals surface area contributed by atoms with Gasteiger partial charge in [0.2, 0.25) is 10.0 Å². The van der Waals surface area contributed by atoms with Gasteiger partial charge in [-0.25, -0.2) is 12.8 Å². The van der Waals surface area contributed by atoms with E-state index in [1.54, 1.807) is 13.8 Å². The Balaban J connectivity index is 1.87. The van der Waals surface area contributed by atoms with Crippen molar-refractivity contribution in [2.75, 3.05) is 19.6 Å². The van der Waals surface area contributed by atoms with Crippen LogP contribution in [0.2, 0.25) is 0 Å². The minimum absolute atomic E-state index is 0.0639. The molecule has 0 radical (unpaired) electrons. The third-order valence-corrected chi connectivity index (χ3v) is 6.36. The van der Waals surface area contributed by atoms with Crippen molar-refractivity contribution in [3.05, 3.63) is 65.5 Å². The number of carbonyl (C=O) groups is 3. The number of amides is 3. The second-order valence-corrected chi connectivity index (χ2v) is 8.24. The van der Waals surface area contributed by atoms with Crippen LogP contribution in [0.1, 0.15) is 34.6 Å². The molecule has 0 bridgehead atoms. The number of hydrazine groups is 1. The van der Waals surface area contributed by atoms with Gasteiger partial charge in [-0.15, -0.1) is 0 Å². The van der Waals surface area contributed by atoms with E-state index in [0.29, 0.717) is 13.1 Å². The van der Waals surface area contributed by atoms with Gasteiger partial charge in [-0.3, -0.25) is 25.2 Å². The molecule has 0 fully saturated rings. The first-order valence-corrected chi connectivity index (χ1v) is 10.9. The number of hydrogen-bond acceptors (Lipinski definition) is 5. The van der Waals surface area contributed by atoms with Crippen molar-refractivity contribution >= 4 is 27.7 Å². The number of benzene rings is 2. The molecule has 0 heterocycles. The largest absolute Gasteiger partial charge is 0.343 e. The van der Waals surface area contributed by atoms with E-state index in [9.17, 15) is 27.2 Å². The average molecular weight is 450 g/mol. The smallest absolute Gasteiger partial charge is 0.269 e. The molecular weight excluding hydrogens is 427 g/mol. The Labute approximate surface area is 179 Å². The Morgan fingerprint density at radius 2 is 1.35 bits per heavy atom. The third-order valence-electron chi connectivity index (χ3n) is 4.29. The van der Waals surface area contributed by atoms with Crippen molar-refractivity contribution < 1.29 is 27.2 Å². The first-order valence-electron chi connectivity index (χ1n) is 9.42. The zero-order chi connectivity index (χ0) is 23.0. The van der Waals surface area contributed by atoms with Crippen molar-refractivity contribution in [1.82, 2.24) is 20.5 Å². The van der Waals surface area contributed by atoms with E-state index in [1.807, 2.05) is 0 Å². The van der Waals surface area contributed by atoms with Crippen LogP contribution in [0, 0.1) is 5.82 Å². The Morgan fingerprint density at radius 1 is 0.839 bits per heavy atom. The topological polar surface area (TPSA) is 125 Å². The van der Waals surface area contributed by atoms with Gasteiger partial charge in [0.25, 0.3) is 17.7 Å². The van der Waals surface area contributed by atoms with Crippen LogP contribution in [0.25, 0.3) is 0 Å². The normalized spacial score (nSPS) is 11.1. The van der Waals surface area contributed by atoms with Crippen molar-refractivity contribution in [3.8, 4) is 0 Å². The van der Waals surface area contributed by atoms with Gasteiger partial charge < -0.3 is 5.32 Å². The van der Waals surface area contributed by atoms with Gasteiger partial charge in [0.15, 0.2) is 0 Å². The lowest BCUT2D eigenvalue weighted by Gasteiger charge is -2.18. The summed E-state index contributed by atoms with van der Waals surface area (Å²) >= 11 is 0. The van der Waals surface area contributed by atoms with Crippen LogP contribution in [0.15, 0.2) is 53.4 Å². The molecule has 0 saturated carbocycles. The second kappa shape index (κ2) is 10.6. The molecule has 2 aromatic carbocycles. The van der Waals surface area contributed by atoms with Gasteiger partial charge in [-0.05, 0) is 48.5 Å². The molecule has 2 rings (SSSR count). The molecule has 0 atom stereocenters. The van der Waals surface area contributed by atoms with Crippen LogP contribution in [0.3, 0.4) is 0 Å². The fourth-order valence-corrected chi connectivity index (χ4v) is 4.06.